The molecular weight excluding hydrogens is 270 g/mol. The molecule has 0 aromatic heterocycles. The van der Waals surface area contributed by atoms with Crippen LogP contribution in [0, 0.1) is 17.8 Å². The summed E-state index contributed by atoms with van der Waals surface area (Å²) >= 11 is 0. The number of carbonyl (C=O) groups is 2. The van der Waals surface area contributed by atoms with Crippen LogP contribution in [-0.4, -0.2) is 22.1 Å². The third-order valence-corrected chi connectivity index (χ3v) is 4.87. The molecule has 3 N–H and O–H groups in total. The van der Waals surface area contributed by atoms with Crippen molar-refractivity contribution in [2.45, 2.75) is 32.1 Å². The number of fused-ring (bicyclic) bond motifs is 2. The van der Waals surface area contributed by atoms with Crippen LogP contribution in [0.1, 0.15) is 42.5 Å². The van der Waals surface area contributed by atoms with Gasteiger partial charge in [0.25, 0.3) is 0 Å². The molecule has 21 heavy (non-hydrogen) atoms. The normalized spacial score (nSPS) is 26.8. The number of carbonyl (C=O) groups excluding carboxylic acids is 1. The summed E-state index contributed by atoms with van der Waals surface area (Å²) in [5.41, 5.74) is -0.0317. The van der Waals surface area contributed by atoms with Gasteiger partial charge in [-0.2, -0.15) is 0 Å². The van der Waals surface area contributed by atoms with Crippen molar-refractivity contribution in [2.24, 2.45) is 17.8 Å². The minimum atomic E-state index is -1.21. The quantitative estimate of drug-likeness (QED) is 0.744. The number of amides is 1. The summed E-state index contributed by atoms with van der Waals surface area (Å²) in [5.74, 6) is 0.151. The minimum Gasteiger partial charge on any atom is -0.505 e. The Balaban J connectivity index is 1.65. The molecule has 3 atom stereocenters. The summed E-state index contributed by atoms with van der Waals surface area (Å²) in [6.07, 6.45) is 5.35. The fourth-order valence-electron chi connectivity index (χ4n) is 3.88. The second-order valence-electron chi connectivity index (χ2n) is 6.19. The van der Waals surface area contributed by atoms with Gasteiger partial charge in [0, 0.05) is 6.42 Å². The van der Waals surface area contributed by atoms with Crippen LogP contribution in [0.3, 0.4) is 0 Å². The highest BCUT2D eigenvalue weighted by Gasteiger charge is 2.40. The molecular formula is C16H19NO4. The van der Waals surface area contributed by atoms with E-state index in [1.807, 2.05) is 0 Å². The number of rotatable bonds is 4. The molecule has 2 fully saturated rings. The summed E-state index contributed by atoms with van der Waals surface area (Å²) in [6.45, 7) is 0. The number of para-hydroxylation sites is 1. The fraction of sp³-hybridized carbons (Fsp3) is 0.500. The summed E-state index contributed by atoms with van der Waals surface area (Å²) < 4.78 is 0. The maximum absolute atomic E-state index is 12.1. The van der Waals surface area contributed by atoms with Gasteiger partial charge in [-0.1, -0.05) is 12.5 Å². The van der Waals surface area contributed by atoms with Crippen molar-refractivity contribution in [2.75, 3.05) is 5.32 Å². The smallest absolute Gasteiger partial charge is 0.339 e. The molecule has 1 aromatic carbocycles. The summed E-state index contributed by atoms with van der Waals surface area (Å²) in [5, 5.41) is 21.5. The van der Waals surface area contributed by atoms with Crippen LogP contribution in [0.25, 0.3) is 0 Å². The van der Waals surface area contributed by atoms with Crippen molar-refractivity contribution in [3.63, 3.8) is 0 Å². The van der Waals surface area contributed by atoms with Gasteiger partial charge in [0.15, 0.2) is 5.75 Å². The van der Waals surface area contributed by atoms with Crippen molar-refractivity contribution >= 4 is 17.6 Å². The summed E-state index contributed by atoms with van der Waals surface area (Å²) in [6, 6.07) is 4.33. The molecule has 112 valence electrons. The molecule has 2 aliphatic rings. The third kappa shape index (κ3) is 2.73. The zero-order valence-corrected chi connectivity index (χ0v) is 11.7. The Hall–Kier alpha value is -2.04. The van der Waals surface area contributed by atoms with Crippen molar-refractivity contribution in [3.8, 4) is 5.75 Å². The van der Waals surface area contributed by atoms with E-state index in [2.05, 4.69) is 5.32 Å². The van der Waals surface area contributed by atoms with Crippen molar-refractivity contribution in [1.82, 2.24) is 0 Å². The van der Waals surface area contributed by atoms with Gasteiger partial charge in [-0.15, -0.1) is 0 Å². The lowest BCUT2D eigenvalue weighted by atomic mass is 9.86. The molecule has 2 aliphatic carbocycles. The lowest BCUT2D eigenvalue weighted by Crippen LogP contribution is -2.20. The van der Waals surface area contributed by atoms with E-state index in [-0.39, 0.29) is 22.9 Å². The summed E-state index contributed by atoms with van der Waals surface area (Å²) in [4.78, 5) is 23.1. The maximum atomic E-state index is 12.1. The van der Waals surface area contributed by atoms with Crippen LogP contribution in [0.4, 0.5) is 5.69 Å². The average Bonchev–Trinajstić information content (AvgIpc) is 3.03. The predicted molar refractivity (Wildman–Crippen MR) is 77.3 cm³/mol. The molecule has 0 saturated heterocycles. The van der Waals surface area contributed by atoms with Gasteiger partial charge in [0.2, 0.25) is 5.91 Å². The van der Waals surface area contributed by atoms with Gasteiger partial charge < -0.3 is 15.5 Å². The Labute approximate surface area is 123 Å². The van der Waals surface area contributed by atoms with Crippen LogP contribution in [-0.2, 0) is 4.79 Å². The molecule has 1 aromatic rings. The van der Waals surface area contributed by atoms with E-state index in [0.29, 0.717) is 18.3 Å². The lowest BCUT2D eigenvalue weighted by molar-refractivity contribution is -0.117. The highest BCUT2D eigenvalue weighted by atomic mass is 16.4. The number of aromatic carboxylic acids is 1. The number of carboxylic acids is 1. The van der Waals surface area contributed by atoms with Crippen molar-refractivity contribution < 1.29 is 19.8 Å². The zero-order chi connectivity index (χ0) is 15.0. The molecule has 0 radical (unpaired) electrons. The maximum Gasteiger partial charge on any atom is 0.339 e. The number of carboxylic acid groups (broad SMARTS) is 1. The lowest BCUT2D eigenvalue weighted by Gasteiger charge is -2.21. The Kier molecular flexibility index (Phi) is 3.57. The molecule has 0 aliphatic heterocycles. The number of aromatic hydroxyl groups is 1. The minimum absolute atomic E-state index is 0.148. The molecule has 5 heteroatoms. The Morgan fingerprint density at radius 1 is 1.24 bits per heavy atom. The van der Waals surface area contributed by atoms with E-state index in [1.165, 1.54) is 37.5 Å². The average molecular weight is 289 g/mol. The standard InChI is InChI=1S/C16H19NO4/c18-14(8-11-7-9-4-5-10(11)6-9)17-13-3-1-2-12(15(13)19)16(20)21/h1-3,9-11,19H,4-8H2,(H,17,18)(H,20,21). The van der Waals surface area contributed by atoms with Gasteiger partial charge in [0.05, 0.1) is 5.69 Å². The molecule has 3 unspecified atom stereocenters. The van der Waals surface area contributed by atoms with Crippen LogP contribution < -0.4 is 5.32 Å². The van der Waals surface area contributed by atoms with E-state index < -0.39 is 5.97 Å². The highest BCUT2D eigenvalue weighted by Crippen LogP contribution is 2.49. The predicted octanol–water partition coefficient (Wildman–Crippen LogP) is 2.86. The number of anilines is 1. The van der Waals surface area contributed by atoms with E-state index in [0.717, 1.165) is 12.3 Å². The Morgan fingerprint density at radius 3 is 2.67 bits per heavy atom. The molecule has 1 amide bonds. The van der Waals surface area contributed by atoms with Crippen LogP contribution in [0.15, 0.2) is 18.2 Å². The zero-order valence-electron chi connectivity index (χ0n) is 11.7. The van der Waals surface area contributed by atoms with Gasteiger partial charge >= 0.3 is 5.97 Å². The number of phenols is 1. The van der Waals surface area contributed by atoms with Crippen molar-refractivity contribution in [1.29, 1.82) is 0 Å². The SMILES string of the molecule is O=C(CC1CC2CCC1C2)Nc1cccc(C(=O)O)c1O. The molecule has 0 spiro atoms. The second-order valence-corrected chi connectivity index (χ2v) is 6.19. The first-order chi connectivity index (χ1) is 10.0. The topological polar surface area (TPSA) is 86.6 Å². The van der Waals surface area contributed by atoms with Gasteiger partial charge in [-0.05, 0) is 49.1 Å². The molecule has 2 saturated carbocycles. The van der Waals surface area contributed by atoms with Gasteiger partial charge in [0.1, 0.15) is 5.56 Å². The molecule has 3 rings (SSSR count). The molecule has 5 nitrogen and oxygen atoms in total. The number of nitrogens with one attached hydrogen (secondary N) is 1. The summed E-state index contributed by atoms with van der Waals surface area (Å²) in [7, 11) is 0. The van der Waals surface area contributed by atoms with E-state index in [1.54, 1.807) is 0 Å². The van der Waals surface area contributed by atoms with Crippen LogP contribution >= 0.6 is 0 Å². The molecule has 2 bridgehead atoms. The fourth-order valence-corrected chi connectivity index (χ4v) is 3.88. The van der Waals surface area contributed by atoms with Gasteiger partial charge in [-0.25, -0.2) is 4.79 Å². The van der Waals surface area contributed by atoms with E-state index in [9.17, 15) is 14.7 Å². The monoisotopic (exact) mass is 289 g/mol. The van der Waals surface area contributed by atoms with Crippen LogP contribution in [0.5, 0.6) is 5.75 Å². The third-order valence-electron chi connectivity index (χ3n) is 4.87. The van der Waals surface area contributed by atoms with Crippen LogP contribution in [0.2, 0.25) is 0 Å². The number of hydrogen-bond donors (Lipinski definition) is 3. The second kappa shape index (κ2) is 5.39. The molecule has 0 heterocycles. The first kappa shape index (κ1) is 13.9. The number of benzene rings is 1. The first-order valence-electron chi connectivity index (χ1n) is 7.39. The Morgan fingerprint density at radius 2 is 2.05 bits per heavy atom. The Bertz CT molecular complexity index is 584. The number of hydrogen-bond acceptors (Lipinski definition) is 3. The van der Waals surface area contributed by atoms with Crippen molar-refractivity contribution in [3.05, 3.63) is 23.8 Å². The van der Waals surface area contributed by atoms with E-state index in [4.69, 9.17) is 5.11 Å². The van der Waals surface area contributed by atoms with E-state index >= 15 is 0 Å². The van der Waals surface area contributed by atoms with Gasteiger partial charge in [-0.3, -0.25) is 4.79 Å². The largest absolute Gasteiger partial charge is 0.505 e. The first-order valence-corrected chi connectivity index (χ1v) is 7.39. The highest BCUT2D eigenvalue weighted by molar-refractivity contribution is 5.97.